The molecular weight excluding hydrogens is 304 g/mol. The van der Waals surface area contributed by atoms with E-state index in [4.69, 9.17) is 0 Å². The molecule has 1 amide bonds. The van der Waals surface area contributed by atoms with Crippen LogP contribution in [0.5, 0.6) is 0 Å². The highest BCUT2D eigenvalue weighted by atomic mass is 16.3. The normalized spacial score (nSPS) is 15.4. The Morgan fingerprint density at radius 3 is 2.75 bits per heavy atom. The summed E-state index contributed by atoms with van der Waals surface area (Å²) in [6.07, 6.45) is 1.23. The fourth-order valence-electron chi connectivity index (χ4n) is 3.10. The number of aliphatic hydroxyl groups excluding tert-OH is 1. The van der Waals surface area contributed by atoms with E-state index < -0.39 is 6.10 Å². The van der Waals surface area contributed by atoms with Crippen molar-refractivity contribution in [1.82, 2.24) is 19.6 Å². The summed E-state index contributed by atoms with van der Waals surface area (Å²) in [6.45, 7) is 2.56. The number of nitrogens with zero attached hydrogens (tertiary/aromatic N) is 4. The average Bonchev–Trinajstić information content (AvgIpc) is 2.96. The van der Waals surface area contributed by atoms with E-state index in [9.17, 15) is 9.90 Å². The van der Waals surface area contributed by atoms with Crippen LogP contribution in [-0.2, 0) is 30.8 Å². The first kappa shape index (κ1) is 16.7. The van der Waals surface area contributed by atoms with E-state index in [2.05, 4.69) is 10.00 Å². The molecule has 0 saturated carbocycles. The molecular formula is C18H24N4O2. The van der Waals surface area contributed by atoms with Gasteiger partial charge in [-0.05, 0) is 19.7 Å². The van der Waals surface area contributed by atoms with Gasteiger partial charge >= 0.3 is 0 Å². The molecule has 6 heteroatoms. The zero-order valence-corrected chi connectivity index (χ0v) is 14.2. The van der Waals surface area contributed by atoms with Crippen LogP contribution in [0.3, 0.4) is 0 Å². The summed E-state index contributed by atoms with van der Waals surface area (Å²) in [5.74, 6) is -0.206. The van der Waals surface area contributed by atoms with Crippen molar-refractivity contribution in [2.75, 3.05) is 20.6 Å². The fraction of sp³-hybridized carbons (Fsp3) is 0.444. The molecule has 1 N–H and O–H groups in total. The number of aromatic nitrogens is 2. The number of rotatable bonds is 5. The maximum Gasteiger partial charge on any atom is 0.252 e. The quantitative estimate of drug-likeness (QED) is 0.885. The number of hydrogen-bond acceptors (Lipinski definition) is 4. The maximum atomic E-state index is 12.6. The van der Waals surface area contributed by atoms with Crippen molar-refractivity contribution in [2.24, 2.45) is 0 Å². The number of fused-ring (bicyclic) bond motifs is 1. The Morgan fingerprint density at radius 2 is 2.04 bits per heavy atom. The van der Waals surface area contributed by atoms with E-state index in [-0.39, 0.29) is 5.91 Å². The molecule has 0 radical (unpaired) electrons. The molecule has 1 aromatic carbocycles. The molecule has 0 bridgehead atoms. The summed E-state index contributed by atoms with van der Waals surface area (Å²) >= 11 is 0. The van der Waals surface area contributed by atoms with Gasteiger partial charge in [-0.25, -0.2) is 0 Å². The molecule has 2 aromatic rings. The van der Waals surface area contributed by atoms with Crippen molar-refractivity contribution in [3.63, 3.8) is 0 Å². The molecule has 0 fully saturated rings. The van der Waals surface area contributed by atoms with Crippen molar-refractivity contribution in [2.45, 2.75) is 32.2 Å². The monoisotopic (exact) mass is 328 g/mol. The predicted octanol–water partition coefficient (Wildman–Crippen LogP) is 0.890. The van der Waals surface area contributed by atoms with Crippen LogP contribution in [0.15, 0.2) is 36.5 Å². The Hall–Kier alpha value is -2.18. The van der Waals surface area contributed by atoms with Gasteiger partial charge in [-0.1, -0.05) is 30.3 Å². The highest BCUT2D eigenvalue weighted by molar-refractivity contribution is 5.81. The van der Waals surface area contributed by atoms with Crippen molar-refractivity contribution in [1.29, 1.82) is 0 Å². The van der Waals surface area contributed by atoms with Crippen molar-refractivity contribution in [3.8, 4) is 0 Å². The third-order valence-electron chi connectivity index (χ3n) is 4.31. The van der Waals surface area contributed by atoms with Crippen LogP contribution in [0.4, 0.5) is 0 Å². The van der Waals surface area contributed by atoms with E-state index in [0.717, 1.165) is 23.4 Å². The molecule has 1 aromatic heterocycles. The van der Waals surface area contributed by atoms with Gasteiger partial charge in [0.15, 0.2) is 0 Å². The number of hydrogen-bond donors (Lipinski definition) is 1. The molecule has 0 spiro atoms. The van der Waals surface area contributed by atoms with Crippen LogP contribution in [0, 0.1) is 0 Å². The first-order valence-corrected chi connectivity index (χ1v) is 8.23. The number of carbonyl (C=O) groups is 1. The lowest BCUT2D eigenvalue weighted by Gasteiger charge is -2.30. The number of benzene rings is 1. The van der Waals surface area contributed by atoms with Gasteiger partial charge in [-0.15, -0.1) is 0 Å². The summed E-state index contributed by atoms with van der Waals surface area (Å²) in [7, 11) is 4.03. The minimum atomic E-state index is -1.00. The second-order valence-electron chi connectivity index (χ2n) is 6.54. The molecule has 1 atom stereocenters. The molecule has 3 rings (SSSR count). The molecule has 128 valence electrons. The van der Waals surface area contributed by atoms with Gasteiger partial charge in [-0.2, -0.15) is 5.10 Å². The largest absolute Gasteiger partial charge is 0.383 e. The van der Waals surface area contributed by atoms with E-state index >= 15 is 0 Å². The number of aliphatic hydroxyl groups is 1. The Bertz CT molecular complexity index is 696. The lowest BCUT2D eigenvalue weighted by atomic mass is 10.1. The van der Waals surface area contributed by atoms with E-state index in [1.807, 2.05) is 55.3 Å². The van der Waals surface area contributed by atoms with Gasteiger partial charge in [0.2, 0.25) is 0 Å². The summed E-state index contributed by atoms with van der Waals surface area (Å²) in [5, 5.41) is 14.7. The lowest BCUT2D eigenvalue weighted by Crippen LogP contribution is -2.44. The Labute approximate surface area is 142 Å². The molecule has 0 aliphatic carbocycles. The molecule has 24 heavy (non-hydrogen) atoms. The second-order valence-corrected chi connectivity index (χ2v) is 6.54. The van der Waals surface area contributed by atoms with Crippen molar-refractivity contribution in [3.05, 3.63) is 53.3 Å². The van der Waals surface area contributed by atoms with Crippen LogP contribution < -0.4 is 0 Å². The third-order valence-corrected chi connectivity index (χ3v) is 4.31. The first-order chi connectivity index (χ1) is 11.5. The minimum Gasteiger partial charge on any atom is -0.383 e. The van der Waals surface area contributed by atoms with E-state index in [1.54, 1.807) is 4.90 Å². The van der Waals surface area contributed by atoms with Crippen molar-refractivity contribution >= 4 is 5.91 Å². The summed E-state index contributed by atoms with van der Waals surface area (Å²) in [6, 6.07) is 9.61. The van der Waals surface area contributed by atoms with Gasteiger partial charge in [0.05, 0.1) is 25.0 Å². The average molecular weight is 328 g/mol. The second kappa shape index (κ2) is 7.15. The summed E-state index contributed by atoms with van der Waals surface area (Å²) in [4.78, 5) is 16.4. The molecule has 1 aliphatic rings. The maximum absolute atomic E-state index is 12.6. The first-order valence-electron chi connectivity index (χ1n) is 8.23. The van der Waals surface area contributed by atoms with Gasteiger partial charge in [-0.3, -0.25) is 9.48 Å². The van der Waals surface area contributed by atoms with Gasteiger partial charge in [0.1, 0.15) is 6.10 Å². The van der Waals surface area contributed by atoms with Gasteiger partial charge < -0.3 is 14.9 Å². The zero-order valence-electron chi connectivity index (χ0n) is 14.2. The highest BCUT2D eigenvalue weighted by Gasteiger charge is 2.28. The standard InChI is InChI=1S/C18H24N4O2/c1-20(2)12-15-11-19-22-9-8-21(13-16(15)22)18(24)17(23)10-14-6-4-3-5-7-14/h3-7,11,17,23H,8-10,12-13H2,1-2H3/t17-/m0/s1. The summed E-state index contributed by atoms with van der Waals surface area (Å²) < 4.78 is 1.96. The van der Waals surface area contributed by atoms with Gasteiger partial charge in [0.25, 0.3) is 5.91 Å². The molecule has 0 unspecified atom stereocenters. The lowest BCUT2D eigenvalue weighted by molar-refractivity contribution is -0.141. The Kier molecular flexibility index (Phi) is 4.97. The molecule has 1 aliphatic heterocycles. The fourth-order valence-corrected chi connectivity index (χ4v) is 3.10. The minimum absolute atomic E-state index is 0.206. The third kappa shape index (κ3) is 3.66. The van der Waals surface area contributed by atoms with Crippen LogP contribution in [0.1, 0.15) is 16.8 Å². The topological polar surface area (TPSA) is 61.6 Å². The number of amides is 1. The van der Waals surface area contributed by atoms with Crippen molar-refractivity contribution < 1.29 is 9.90 Å². The SMILES string of the molecule is CN(C)Cc1cnn2c1CN(C(=O)[C@@H](O)Cc1ccccc1)CC2. The van der Waals surface area contributed by atoms with Crippen LogP contribution in [-0.4, -0.2) is 57.3 Å². The van der Waals surface area contributed by atoms with Crippen LogP contribution in [0.2, 0.25) is 0 Å². The Balaban J connectivity index is 1.68. The van der Waals surface area contributed by atoms with Crippen LogP contribution >= 0.6 is 0 Å². The number of carbonyl (C=O) groups excluding carboxylic acids is 1. The van der Waals surface area contributed by atoms with Crippen LogP contribution in [0.25, 0.3) is 0 Å². The smallest absolute Gasteiger partial charge is 0.252 e. The molecule has 6 nitrogen and oxygen atoms in total. The molecule has 2 heterocycles. The highest BCUT2D eigenvalue weighted by Crippen LogP contribution is 2.19. The van der Waals surface area contributed by atoms with Gasteiger partial charge in [0, 0.05) is 25.1 Å². The predicted molar refractivity (Wildman–Crippen MR) is 91.2 cm³/mol. The van der Waals surface area contributed by atoms with E-state index in [1.165, 1.54) is 0 Å². The summed E-state index contributed by atoms with van der Waals surface area (Å²) in [5.41, 5.74) is 3.17. The van der Waals surface area contributed by atoms with E-state index in [0.29, 0.717) is 26.1 Å². The zero-order chi connectivity index (χ0) is 17.1. The molecule has 0 saturated heterocycles. The Morgan fingerprint density at radius 1 is 1.29 bits per heavy atom.